The molecule has 22 heavy (non-hydrogen) atoms. The Labute approximate surface area is 123 Å². The minimum absolute atomic E-state index is 0.234. The van der Waals surface area contributed by atoms with E-state index in [9.17, 15) is 18.0 Å². The second kappa shape index (κ2) is 5.24. The van der Waals surface area contributed by atoms with Crippen LogP contribution < -0.4 is 5.56 Å². The quantitative estimate of drug-likeness (QED) is 0.901. The van der Waals surface area contributed by atoms with Gasteiger partial charge in [-0.15, -0.1) is 0 Å². The summed E-state index contributed by atoms with van der Waals surface area (Å²) in [6.45, 7) is 1.41. The largest absolute Gasteiger partial charge is 0.449 e. The van der Waals surface area contributed by atoms with E-state index in [1.807, 2.05) is 21.5 Å². The van der Waals surface area contributed by atoms with E-state index in [1.54, 1.807) is 12.5 Å². The second-order valence-corrected chi connectivity index (χ2v) is 5.29. The van der Waals surface area contributed by atoms with Crippen molar-refractivity contribution in [3.63, 3.8) is 0 Å². The van der Waals surface area contributed by atoms with Crippen LogP contribution in [0.5, 0.6) is 0 Å². The first-order valence-electron chi connectivity index (χ1n) is 6.71. The summed E-state index contributed by atoms with van der Waals surface area (Å²) in [6, 6.07) is 0. The van der Waals surface area contributed by atoms with Gasteiger partial charge in [0.2, 0.25) is 5.82 Å². The van der Waals surface area contributed by atoms with Crippen molar-refractivity contribution in [2.75, 3.05) is 6.54 Å². The molecule has 2 aromatic heterocycles. The molecule has 3 heterocycles. The number of hydrogen-bond donors (Lipinski definition) is 1. The normalized spacial score (nSPS) is 15.8. The fourth-order valence-corrected chi connectivity index (χ4v) is 2.52. The van der Waals surface area contributed by atoms with Gasteiger partial charge in [-0.3, -0.25) is 9.69 Å². The molecule has 2 aromatic rings. The monoisotopic (exact) mass is 313 g/mol. The van der Waals surface area contributed by atoms with Crippen LogP contribution in [0.3, 0.4) is 0 Å². The smallest absolute Gasteiger partial charge is 0.337 e. The Balaban J connectivity index is 1.85. The number of nitrogens with zero attached hydrogens (tertiary/aromatic N) is 4. The Morgan fingerprint density at radius 2 is 2.18 bits per heavy atom. The molecule has 0 bridgehead atoms. The van der Waals surface area contributed by atoms with Crippen molar-refractivity contribution >= 4 is 0 Å². The third kappa shape index (κ3) is 2.76. The van der Waals surface area contributed by atoms with Crippen LogP contribution in [0.1, 0.15) is 22.8 Å². The number of alkyl halides is 3. The zero-order chi connectivity index (χ0) is 15.9. The highest BCUT2D eigenvalue weighted by Crippen LogP contribution is 2.26. The molecular weight excluding hydrogens is 299 g/mol. The van der Waals surface area contributed by atoms with Crippen molar-refractivity contribution in [3.8, 4) is 0 Å². The summed E-state index contributed by atoms with van der Waals surface area (Å²) in [5, 5.41) is 0. The zero-order valence-electron chi connectivity index (χ0n) is 11.8. The van der Waals surface area contributed by atoms with Crippen LogP contribution in [0.4, 0.5) is 13.2 Å². The topological polar surface area (TPSA) is 66.8 Å². The highest BCUT2D eigenvalue weighted by atomic mass is 19.4. The number of hydrogen-bond acceptors (Lipinski definition) is 4. The van der Waals surface area contributed by atoms with Gasteiger partial charge in [-0.1, -0.05) is 0 Å². The number of imidazole rings is 1. The molecule has 3 rings (SSSR count). The minimum atomic E-state index is -4.64. The van der Waals surface area contributed by atoms with E-state index < -0.39 is 17.6 Å². The van der Waals surface area contributed by atoms with Gasteiger partial charge in [0, 0.05) is 39.3 Å². The number of H-pyrrole nitrogens is 1. The summed E-state index contributed by atoms with van der Waals surface area (Å²) in [5.74, 6) is -1.23. The molecule has 0 unspecified atom stereocenters. The summed E-state index contributed by atoms with van der Waals surface area (Å²) in [5.41, 5.74) is 0.797. The van der Waals surface area contributed by atoms with Gasteiger partial charge in [-0.2, -0.15) is 13.2 Å². The molecule has 6 nitrogen and oxygen atoms in total. The molecule has 118 valence electrons. The van der Waals surface area contributed by atoms with Gasteiger partial charge in [0.15, 0.2) is 0 Å². The van der Waals surface area contributed by atoms with E-state index in [4.69, 9.17) is 0 Å². The third-order valence-corrected chi connectivity index (χ3v) is 3.72. The van der Waals surface area contributed by atoms with Gasteiger partial charge in [0.25, 0.3) is 5.56 Å². The van der Waals surface area contributed by atoms with Gasteiger partial charge in [0.1, 0.15) is 0 Å². The summed E-state index contributed by atoms with van der Waals surface area (Å²) in [7, 11) is 1.87. The van der Waals surface area contributed by atoms with Gasteiger partial charge in [0.05, 0.1) is 23.3 Å². The van der Waals surface area contributed by atoms with Crippen LogP contribution in [-0.4, -0.2) is 31.0 Å². The number of fused-ring (bicyclic) bond motifs is 1. The third-order valence-electron chi connectivity index (χ3n) is 3.72. The molecule has 0 radical (unpaired) electrons. The molecule has 0 aromatic carbocycles. The lowest BCUT2D eigenvalue weighted by Gasteiger charge is -2.27. The molecule has 9 heteroatoms. The van der Waals surface area contributed by atoms with Crippen LogP contribution >= 0.6 is 0 Å². The molecular formula is C13H14F3N5O. The van der Waals surface area contributed by atoms with Crippen molar-refractivity contribution < 1.29 is 13.2 Å². The van der Waals surface area contributed by atoms with Crippen LogP contribution in [0.15, 0.2) is 17.3 Å². The Morgan fingerprint density at radius 1 is 1.41 bits per heavy atom. The summed E-state index contributed by atoms with van der Waals surface area (Å²) < 4.78 is 39.8. The average molecular weight is 313 g/mol. The number of rotatable bonds is 2. The van der Waals surface area contributed by atoms with E-state index in [2.05, 4.69) is 9.97 Å². The Hall–Kier alpha value is -2.16. The SMILES string of the molecule is Cn1cncc1CN1CCc2nc(C(F)(F)F)[nH]c(=O)c2C1. The molecule has 1 aliphatic heterocycles. The van der Waals surface area contributed by atoms with E-state index >= 15 is 0 Å². The number of nitrogens with one attached hydrogen (secondary N) is 1. The van der Waals surface area contributed by atoms with Gasteiger partial charge < -0.3 is 9.55 Å². The van der Waals surface area contributed by atoms with Crippen molar-refractivity contribution in [1.29, 1.82) is 0 Å². The molecule has 0 atom stereocenters. The maximum atomic E-state index is 12.7. The Kier molecular flexibility index (Phi) is 3.51. The molecule has 0 fully saturated rings. The Morgan fingerprint density at radius 3 is 2.82 bits per heavy atom. The zero-order valence-corrected chi connectivity index (χ0v) is 11.8. The molecule has 0 aliphatic carbocycles. The molecule has 1 aliphatic rings. The lowest BCUT2D eigenvalue weighted by Crippen LogP contribution is -2.37. The number of aromatic nitrogens is 4. The van der Waals surface area contributed by atoms with Gasteiger partial charge >= 0.3 is 6.18 Å². The predicted octanol–water partition coefficient (Wildman–Crippen LogP) is 1.08. The number of aryl methyl sites for hydroxylation is 1. The highest BCUT2D eigenvalue weighted by Gasteiger charge is 2.35. The molecule has 0 saturated carbocycles. The van der Waals surface area contributed by atoms with Crippen LogP contribution in [-0.2, 0) is 32.7 Å². The van der Waals surface area contributed by atoms with Crippen LogP contribution in [0, 0.1) is 0 Å². The van der Waals surface area contributed by atoms with Crippen molar-refractivity contribution in [1.82, 2.24) is 24.4 Å². The lowest BCUT2D eigenvalue weighted by atomic mass is 10.1. The van der Waals surface area contributed by atoms with E-state index in [0.29, 0.717) is 25.1 Å². The van der Waals surface area contributed by atoms with Crippen LogP contribution in [0.25, 0.3) is 0 Å². The fourth-order valence-electron chi connectivity index (χ4n) is 2.52. The molecule has 1 N–H and O–H groups in total. The average Bonchev–Trinajstić information content (AvgIpc) is 2.84. The van der Waals surface area contributed by atoms with E-state index in [0.717, 1.165) is 5.69 Å². The number of halogens is 3. The summed E-state index contributed by atoms with van der Waals surface area (Å²) in [6.07, 6.45) is -0.915. The maximum Gasteiger partial charge on any atom is 0.449 e. The van der Waals surface area contributed by atoms with Crippen molar-refractivity contribution in [3.05, 3.63) is 45.7 Å². The summed E-state index contributed by atoms with van der Waals surface area (Å²) >= 11 is 0. The first-order chi connectivity index (χ1) is 10.3. The standard InChI is InChI=1S/C13H14F3N5O/c1-20-7-17-4-8(20)5-21-3-2-10-9(6-21)11(22)19-12(18-10)13(14,15)16/h4,7H,2-3,5-6H2,1H3,(H,18,19,22). The van der Waals surface area contributed by atoms with Crippen LogP contribution in [0.2, 0.25) is 0 Å². The van der Waals surface area contributed by atoms with Crippen molar-refractivity contribution in [2.45, 2.75) is 25.7 Å². The van der Waals surface area contributed by atoms with Gasteiger partial charge in [-0.25, -0.2) is 9.97 Å². The molecule has 0 spiro atoms. The van der Waals surface area contributed by atoms with E-state index in [-0.39, 0.29) is 12.2 Å². The highest BCUT2D eigenvalue weighted by molar-refractivity contribution is 5.21. The lowest BCUT2D eigenvalue weighted by molar-refractivity contribution is -0.145. The first-order valence-corrected chi connectivity index (χ1v) is 6.71. The predicted molar refractivity (Wildman–Crippen MR) is 70.9 cm³/mol. The minimum Gasteiger partial charge on any atom is -0.337 e. The molecule has 0 amide bonds. The second-order valence-electron chi connectivity index (χ2n) is 5.29. The number of aromatic amines is 1. The van der Waals surface area contributed by atoms with Crippen molar-refractivity contribution in [2.24, 2.45) is 7.05 Å². The van der Waals surface area contributed by atoms with E-state index in [1.165, 1.54) is 0 Å². The summed E-state index contributed by atoms with van der Waals surface area (Å²) in [4.78, 5) is 23.3. The molecule has 0 saturated heterocycles. The Bertz CT molecular complexity index is 749. The first kappa shape index (κ1) is 14.8. The fraction of sp³-hybridized carbons (Fsp3) is 0.462. The maximum absolute atomic E-state index is 12.7. The van der Waals surface area contributed by atoms with Gasteiger partial charge in [-0.05, 0) is 0 Å².